The highest BCUT2D eigenvalue weighted by Crippen LogP contribution is 2.15. The van der Waals surface area contributed by atoms with Crippen molar-refractivity contribution < 1.29 is 9.59 Å². The molecule has 3 amide bonds. The fourth-order valence-electron chi connectivity index (χ4n) is 1.45. The molecule has 0 bridgehead atoms. The molecule has 0 aromatic heterocycles. The van der Waals surface area contributed by atoms with Crippen LogP contribution in [0.5, 0.6) is 0 Å². The highest BCUT2D eigenvalue weighted by Gasteiger charge is 2.11. The summed E-state index contributed by atoms with van der Waals surface area (Å²) in [6, 6.07) is 4.65. The van der Waals surface area contributed by atoms with Crippen molar-refractivity contribution in [3.63, 3.8) is 0 Å². The second-order valence-electron chi connectivity index (χ2n) is 3.59. The molecule has 0 atom stereocenters. The maximum Gasteiger partial charge on any atom is 0.312 e. The van der Waals surface area contributed by atoms with Gasteiger partial charge in [-0.25, -0.2) is 4.79 Å². The first-order valence-corrected chi connectivity index (χ1v) is 5.19. The number of aryl methyl sites for hydroxylation is 1. The molecule has 6 N–H and O–H groups in total. The van der Waals surface area contributed by atoms with Gasteiger partial charge in [0.1, 0.15) is 0 Å². The van der Waals surface area contributed by atoms with Gasteiger partial charge in [0.15, 0.2) is 0 Å². The van der Waals surface area contributed by atoms with Crippen LogP contribution in [0, 0.1) is 6.92 Å². The third-order valence-corrected chi connectivity index (χ3v) is 2.24. The van der Waals surface area contributed by atoms with E-state index in [9.17, 15) is 9.59 Å². The van der Waals surface area contributed by atoms with Gasteiger partial charge in [-0.1, -0.05) is 12.1 Å². The summed E-state index contributed by atoms with van der Waals surface area (Å²) in [6.07, 6.45) is 0. The van der Waals surface area contributed by atoms with Crippen molar-refractivity contribution in [2.45, 2.75) is 6.92 Å². The molecule has 6 nitrogen and oxygen atoms in total. The number of carbonyl (C=O) groups is 2. The Bertz CT molecular complexity index is 411. The summed E-state index contributed by atoms with van der Waals surface area (Å²) in [5.41, 5.74) is 12.3. The number of anilines is 1. The maximum atomic E-state index is 11.8. The van der Waals surface area contributed by atoms with E-state index in [4.69, 9.17) is 11.5 Å². The van der Waals surface area contributed by atoms with Crippen molar-refractivity contribution in [2.75, 3.05) is 18.8 Å². The second-order valence-corrected chi connectivity index (χ2v) is 3.59. The van der Waals surface area contributed by atoms with Crippen LogP contribution in [-0.4, -0.2) is 25.0 Å². The van der Waals surface area contributed by atoms with Gasteiger partial charge < -0.3 is 22.1 Å². The number of amides is 3. The summed E-state index contributed by atoms with van der Waals surface area (Å²) >= 11 is 0. The number of hydrogen-bond donors (Lipinski definition) is 4. The fourth-order valence-corrected chi connectivity index (χ4v) is 1.45. The van der Waals surface area contributed by atoms with Gasteiger partial charge >= 0.3 is 6.03 Å². The lowest BCUT2D eigenvalue weighted by molar-refractivity contribution is 0.0954. The van der Waals surface area contributed by atoms with Crippen LogP contribution in [0.25, 0.3) is 0 Å². The molecule has 92 valence electrons. The van der Waals surface area contributed by atoms with E-state index >= 15 is 0 Å². The van der Waals surface area contributed by atoms with E-state index in [2.05, 4.69) is 10.6 Å². The fraction of sp³-hybridized carbons (Fsp3) is 0.273. The number of rotatable bonds is 4. The Hall–Kier alpha value is -2.24. The topological polar surface area (TPSA) is 110 Å². The van der Waals surface area contributed by atoms with Gasteiger partial charge in [-0.15, -0.1) is 0 Å². The third kappa shape index (κ3) is 3.67. The first-order chi connectivity index (χ1) is 8.02. The Labute approximate surface area is 99.4 Å². The molecule has 6 heteroatoms. The average Bonchev–Trinajstić information content (AvgIpc) is 2.24. The van der Waals surface area contributed by atoms with Crippen molar-refractivity contribution in [1.29, 1.82) is 0 Å². The molecule has 1 rings (SSSR count). The standard InChI is InChI=1S/C11H16N4O2/c1-7-3-2-4-8(12)9(7)10(16)14-5-6-15-11(13)17/h2-4H,5-6,12H2,1H3,(H,14,16)(H3,13,15,17). The van der Waals surface area contributed by atoms with Crippen molar-refractivity contribution in [2.24, 2.45) is 5.73 Å². The molecule has 1 aromatic carbocycles. The van der Waals surface area contributed by atoms with Gasteiger partial charge in [-0.3, -0.25) is 4.79 Å². The Morgan fingerprint density at radius 3 is 2.47 bits per heavy atom. The smallest absolute Gasteiger partial charge is 0.312 e. The van der Waals surface area contributed by atoms with E-state index in [1.807, 2.05) is 13.0 Å². The number of nitrogens with two attached hydrogens (primary N) is 2. The molecule has 0 unspecified atom stereocenters. The first-order valence-electron chi connectivity index (χ1n) is 5.19. The number of primary amides is 1. The molecule has 0 fully saturated rings. The van der Waals surface area contributed by atoms with Gasteiger partial charge in [-0.2, -0.15) is 0 Å². The Morgan fingerprint density at radius 1 is 1.24 bits per heavy atom. The van der Waals surface area contributed by atoms with E-state index in [0.717, 1.165) is 5.56 Å². The van der Waals surface area contributed by atoms with E-state index in [1.54, 1.807) is 12.1 Å². The number of nitrogens with one attached hydrogen (secondary N) is 2. The number of carbonyl (C=O) groups excluding carboxylic acids is 2. The van der Waals surface area contributed by atoms with Crippen LogP contribution in [0.15, 0.2) is 18.2 Å². The van der Waals surface area contributed by atoms with Gasteiger partial charge in [-0.05, 0) is 18.6 Å². The van der Waals surface area contributed by atoms with E-state index in [0.29, 0.717) is 17.8 Å². The molecular formula is C11H16N4O2. The van der Waals surface area contributed by atoms with Crippen LogP contribution in [0.3, 0.4) is 0 Å². The van der Waals surface area contributed by atoms with E-state index in [1.165, 1.54) is 0 Å². The molecule has 0 saturated heterocycles. The Morgan fingerprint density at radius 2 is 1.88 bits per heavy atom. The molecule has 0 heterocycles. The number of nitrogen functional groups attached to an aromatic ring is 1. The summed E-state index contributed by atoms with van der Waals surface area (Å²) in [7, 11) is 0. The van der Waals surface area contributed by atoms with E-state index < -0.39 is 6.03 Å². The molecule has 0 aliphatic heterocycles. The summed E-state index contributed by atoms with van der Waals surface area (Å²) in [6.45, 7) is 2.40. The number of benzene rings is 1. The monoisotopic (exact) mass is 236 g/mol. The van der Waals surface area contributed by atoms with Crippen molar-refractivity contribution >= 4 is 17.6 Å². The zero-order valence-corrected chi connectivity index (χ0v) is 9.62. The minimum atomic E-state index is -0.616. The van der Waals surface area contributed by atoms with Crippen LogP contribution in [0.4, 0.5) is 10.5 Å². The summed E-state index contributed by atoms with van der Waals surface area (Å²) < 4.78 is 0. The minimum absolute atomic E-state index is 0.258. The first kappa shape index (κ1) is 12.8. The number of urea groups is 1. The van der Waals surface area contributed by atoms with Gasteiger partial charge in [0.05, 0.1) is 5.56 Å². The number of hydrogen-bond acceptors (Lipinski definition) is 3. The zero-order valence-electron chi connectivity index (χ0n) is 9.62. The SMILES string of the molecule is Cc1cccc(N)c1C(=O)NCCNC(N)=O. The molecule has 0 spiro atoms. The summed E-state index contributed by atoms with van der Waals surface area (Å²) in [5.74, 6) is -0.258. The van der Waals surface area contributed by atoms with Gasteiger partial charge in [0.2, 0.25) is 0 Å². The largest absolute Gasteiger partial charge is 0.398 e. The lowest BCUT2D eigenvalue weighted by atomic mass is 10.1. The molecule has 0 aliphatic carbocycles. The quantitative estimate of drug-likeness (QED) is 0.435. The third-order valence-electron chi connectivity index (χ3n) is 2.24. The van der Waals surface area contributed by atoms with Crippen molar-refractivity contribution in [1.82, 2.24) is 10.6 Å². The molecule has 17 heavy (non-hydrogen) atoms. The van der Waals surface area contributed by atoms with Crippen LogP contribution in [0.1, 0.15) is 15.9 Å². The van der Waals surface area contributed by atoms with Crippen LogP contribution in [0.2, 0.25) is 0 Å². The molecule has 0 aliphatic rings. The zero-order chi connectivity index (χ0) is 12.8. The highest BCUT2D eigenvalue weighted by atomic mass is 16.2. The summed E-state index contributed by atoms with van der Waals surface area (Å²) in [5, 5.41) is 5.02. The molecular weight excluding hydrogens is 220 g/mol. The normalized spacial score (nSPS) is 9.71. The van der Waals surface area contributed by atoms with E-state index in [-0.39, 0.29) is 12.5 Å². The van der Waals surface area contributed by atoms with Crippen molar-refractivity contribution in [3.8, 4) is 0 Å². The molecule has 1 aromatic rings. The second kappa shape index (κ2) is 5.74. The Kier molecular flexibility index (Phi) is 4.33. The highest BCUT2D eigenvalue weighted by molar-refractivity contribution is 6.00. The maximum absolute atomic E-state index is 11.8. The summed E-state index contributed by atoms with van der Waals surface area (Å²) in [4.78, 5) is 22.2. The Balaban J connectivity index is 2.55. The van der Waals surface area contributed by atoms with Gasteiger partial charge in [0, 0.05) is 18.8 Å². The lowest BCUT2D eigenvalue weighted by Gasteiger charge is -2.10. The molecule has 0 radical (unpaired) electrons. The predicted molar refractivity (Wildman–Crippen MR) is 65.5 cm³/mol. The predicted octanol–water partition coefficient (Wildman–Crippen LogP) is -0.0247. The van der Waals surface area contributed by atoms with Crippen LogP contribution < -0.4 is 22.1 Å². The molecule has 0 saturated carbocycles. The van der Waals surface area contributed by atoms with Gasteiger partial charge in [0.25, 0.3) is 5.91 Å². The minimum Gasteiger partial charge on any atom is -0.398 e. The van der Waals surface area contributed by atoms with Crippen LogP contribution in [-0.2, 0) is 0 Å². The van der Waals surface area contributed by atoms with Crippen molar-refractivity contribution in [3.05, 3.63) is 29.3 Å². The average molecular weight is 236 g/mol. The van der Waals surface area contributed by atoms with Crippen LogP contribution >= 0.6 is 0 Å². The lowest BCUT2D eigenvalue weighted by Crippen LogP contribution is -2.37.